The van der Waals surface area contributed by atoms with E-state index >= 15 is 0 Å². The predicted octanol–water partition coefficient (Wildman–Crippen LogP) is 6.81. The van der Waals surface area contributed by atoms with Crippen LogP contribution in [0.25, 0.3) is 0 Å². The fourth-order valence-electron chi connectivity index (χ4n) is 5.53. The first-order valence-electron chi connectivity index (χ1n) is 13.4. The molecule has 4 aromatic rings. The van der Waals surface area contributed by atoms with Gasteiger partial charge in [0, 0.05) is 41.2 Å². The molecule has 0 spiro atoms. The van der Waals surface area contributed by atoms with Crippen molar-refractivity contribution in [2.45, 2.75) is 44.9 Å². The van der Waals surface area contributed by atoms with Gasteiger partial charge in [0.25, 0.3) is 0 Å². The van der Waals surface area contributed by atoms with E-state index in [1.54, 1.807) is 11.8 Å². The van der Waals surface area contributed by atoms with Crippen LogP contribution in [-0.2, 0) is 24.9 Å². The van der Waals surface area contributed by atoms with Crippen molar-refractivity contribution in [1.82, 2.24) is 19.9 Å². The van der Waals surface area contributed by atoms with E-state index in [2.05, 4.69) is 62.3 Å². The molecular formula is C31H33BrClN5O2. The first-order valence-corrected chi connectivity index (χ1v) is 14.5. The van der Waals surface area contributed by atoms with Gasteiger partial charge in [0.1, 0.15) is 5.75 Å². The van der Waals surface area contributed by atoms with E-state index in [9.17, 15) is 4.79 Å². The van der Waals surface area contributed by atoms with E-state index in [0.29, 0.717) is 18.0 Å². The lowest BCUT2D eigenvalue weighted by atomic mass is 9.83. The zero-order chi connectivity index (χ0) is 28.2. The van der Waals surface area contributed by atoms with Crippen LogP contribution in [0.5, 0.6) is 5.75 Å². The third-order valence-corrected chi connectivity index (χ3v) is 8.49. The second-order valence-electron chi connectivity index (χ2n) is 10.4. The van der Waals surface area contributed by atoms with Crippen molar-refractivity contribution < 1.29 is 9.53 Å². The van der Waals surface area contributed by atoms with Gasteiger partial charge in [0.15, 0.2) is 0 Å². The maximum atomic E-state index is 14.5. The molecule has 0 N–H and O–H groups in total. The maximum absolute atomic E-state index is 14.5. The Morgan fingerprint density at radius 1 is 1.07 bits per heavy atom. The van der Waals surface area contributed by atoms with Gasteiger partial charge in [-0.3, -0.25) is 14.4 Å². The van der Waals surface area contributed by atoms with Gasteiger partial charge in [-0.05, 0) is 77.2 Å². The summed E-state index contributed by atoms with van der Waals surface area (Å²) in [4.78, 5) is 18.8. The number of carbonyl (C=O) groups is 1. The number of benzene rings is 3. The number of hydrogen-bond acceptors (Lipinski definition) is 5. The number of aryl methyl sites for hydroxylation is 1. The minimum Gasteiger partial charge on any atom is -0.497 e. The van der Waals surface area contributed by atoms with E-state index in [0.717, 1.165) is 40.1 Å². The summed E-state index contributed by atoms with van der Waals surface area (Å²) in [6.45, 7) is 3.39. The summed E-state index contributed by atoms with van der Waals surface area (Å²) in [7, 11) is 3.52. The number of hydrogen-bond donors (Lipinski definition) is 0. The number of likely N-dealkylation sites (tertiary alicyclic amines) is 1. The number of nitrogens with zero attached hydrogens (tertiary/aromatic N) is 5. The molecule has 2 heterocycles. The van der Waals surface area contributed by atoms with Crippen LogP contribution >= 0.6 is 27.5 Å². The Hall–Kier alpha value is -3.20. The van der Waals surface area contributed by atoms with Gasteiger partial charge in [-0.2, -0.15) is 0 Å². The average Bonchev–Trinajstić information content (AvgIpc) is 3.40. The first-order chi connectivity index (χ1) is 19.3. The number of methoxy groups -OCH3 is 1. The molecule has 1 amide bonds. The number of ether oxygens (including phenoxy) is 1. The standard InChI is InChI=1S/C31H33BrClN5O2/c1-21-15-24(16-30(28-20-36(2)35-34-28)37(21)18-22-7-5-4-6-8-22)31(39)38(29-17-25(33)11-14-27(29)32)19-23-9-12-26(40-3)13-10-23/h4-14,17,20-21,24,30H,15-16,18-19H2,1-3H3. The smallest absolute Gasteiger partial charge is 0.230 e. The van der Waals surface area contributed by atoms with Crippen LogP contribution in [0.1, 0.15) is 42.6 Å². The van der Waals surface area contributed by atoms with Gasteiger partial charge in [-0.1, -0.05) is 59.3 Å². The van der Waals surface area contributed by atoms with E-state index in [-0.39, 0.29) is 23.9 Å². The molecule has 3 aromatic carbocycles. The van der Waals surface area contributed by atoms with Crippen molar-refractivity contribution in [3.8, 4) is 5.75 Å². The maximum Gasteiger partial charge on any atom is 0.230 e. The summed E-state index contributed by atoms with van der Waals surface area (Å²) >= 11 is 10.1. The topological polar surface area (TPSA) is 63.5 Å². The molecule has 208 valence electrons. The monoisotopic (exact) mass is 621 g/mol. The third-order valence-electron chi connectivity index (χ3n) is 7.58. The molecule has 3 atom stereocenters. The molecule has 0 aliphatic carbocycles. The van der Waals surface area contributed by atoms with Crippen molar-refractivity contribution in [2.75, 3.05) is 12.0 Å². The van der Waals surface area contributed by atoms with E-state index < -0.39 is 0 Å². The van der Waals surface area contributed by atoms with Crippen molar-refractivity contribution in [3.63, 3.8) is 0 Å². The highest BCUT2D eigenvalue weighted by Gasteiger charge is 2.40. The molecule has 5 rings (SSSR count). The lowest BCUT2D eigenvalue weighted by Gasteiger charge is -2.44. The zero-order valence-electron chi connectivity index (χ0n) is 22.9. The SMILES string of the molecule is COc1ccc(CN(C(=O)C2CC(C)N(Cc3ccccc3)C(c3cn(C)nn3)C2)c2cc(Cl)ccc2Br)cc1. The second-order valence-corrected chi connectivity index (χ2v) is 11.7. The Bertz CT molecular complexity index is 1450. The molecule has 1 aromatic heterocycles. The summed E-state index contributed by atoms with van der Waals surface area (Å²) in [5, 5.41) is 9.28. The first kappa shape index (κ1) is 28.3. The molecule has 0 bridgehead atoms. The second kappa shape index (κ2) is 12.5. The average molecular weight is 623 g/mol. The van der Waals surface area contributed by atoms with Crippen LogP contribution in [0.3, 0.4) is 0 Å². The molecule has 1 saturated heterocycles. The molecule has 0 saturated carbocycles. The Morgan fingerprint density at radius 3 is 2.50 bits per heavy atom. The number of piperidine rings is 1. The van der Waals surface area contributed by atoms with Crippen LogP contribution < -0.4 is 9.64 Å². The Kier molecular flexibility index (Phi) is 8.88. The van der Waals surface area contributed by atoms with Crippen LogP contribution in [0.2, 0.25) is 5.02 Å². The Balaban J connectivity index is 1.47. The highest BCUT2D eigenvalue weighted by atomic mass is 79.9. The highest BCUT2D eigenvalue weighted by Crippen LogP contribution is 2.40. The summed E-state index contributed by atoms with van der Waals surface area (Å²) in [5.74, 6) is 0.633. The molecule has 1 aliphatic heterocycles. The molecule has 9 heteroatoms. The fraction of sp³-hybridized carbons (Fsp3) is 0.323. The molecular weight excluding hydrogens is 590 g/mol. The zero-order valence-corrected chi connectivity index (χ0v) is 25.2. The summed E-state index contributed by atoms with van der Waals surface area (Å²) in [5.41, 5.74) is 3.87. The van der Waals surface area contributed by atoms with E-state index in [4.69, 9.17) is 16.3 Å². The van der Waals surface area contributed by atoms with E-state index in [1.807, 2.05) is 66.7 Å². The number of carbonyl (C=O) groups excluding carboxylic acids is 1. The summed E-state index contributed by atoms with van der Waals surface area (Å²) < 4.78 is 7.88. The van der Waals surface area contributed by atoms with Gasteiger partial charge >= 0.3 is 0 Å². The predicted molar refractivity (Wildman–Crippen MR) is 161 cm³/mol. The van der Waals surface area contributed by atoms with Gasteiger partial charge in [0.05, 0.1) is 31.1 Å². The van der Waals surface area contributed by atoms with Crippen LogP contribution in [0, 0.1) is 5.92 Å². The lowest BCUT2D eigenvalue weighted by molar-refractivity contribution is -0.126. The van der Waals surface area contributed by atoms with Crippen LogP contribution in [0.15, 0.2) is 83.5 Å². The molecule has 7 nitrogen and oxygen atoms in total. The number of halogens is 2. The third kappa shape index (κ3) is 6.40. The van der Waals surface area contributed by atoms with Gasteiger partial charge in [-0.25, -0.2) is 0 Å². The number of rotatable bonds is 8. The van der Waals surface area contributed by atoms with Crippen molar-refractivity contribution in [2.24, 2.45) is 13.0 Å². The molecule has 1 aliphatic rings. The Morgan fingerprint density at radius 2 is 1.82 bits per heavy atom. The quantitative estimate of drug-likeness (QED) is 0.216. The highest BCUT2D eigenvalue weighted by molar-refractivity contribution is 9.10. The van der Waals surface area contributed by atoms with Gasteiger partial charge in [-0.15, -0.1) is 5.10 Å². The minimum absolute atomic E-state index is 0.0442. The number of anilines is 1. The lowest BCUT2D eigenvalue weighted by Crippen LogP contribution is -2.47. The molecule has 3 unspecified atom stereocenters. The van der Waals surface area contributed by atoms with Crippen molar-refractivity contribution in [1.29, 1.82) is 0 Å². The minimum atomic E-state index is -0.210. The van der Waals surface area contributed by atoms with Crippen molar-refractivity contribution >= 4 is 39.1 Å². The summed E-state index contributed by atoms with van der Waals surface area (Å²) in [6.07, 6.45) is 3.34. The van der Waals surface area contributed by atoms with Crippen LogP contribution in [0.4, 0.5) is 5.69 Å². The van der Waals surface area contributed by atoms with Gasteiger partial charge < -0.3 is 9.64 Å². The largest absolute Gasteiger partial charge is 0.497 e. The normalized spacial score (nSPS) is 19.4. The summed E-state index contributed by atoms with van der Waals surface area (Å²) in [6, 6.07) is 23.9. The van der Waals surface area contributed by atoms with Gasteiger partial charge in [0.2, 0.25) is 5.91 Å². The molecule has 1 fully saturated rings. The fourth-order valence-corrected chi connectivity index (χ4v) is 6.16. The van der Waals surface area contributed by atoms with E-state index in [1.165, 1.54) is 5.56 Å². The van der Waals surface area contributed by atoms with Crippen molar-refractivity contribution in [3.05, 3.63) is 105 Å². The van der Waals surface area contributed by atoms with Crippen LogP contribution in [-0.4, -0.2) is 39.0 Å². The number of amides is 1. The molecule has 40 heavy (non-hydrogen) atoms. The number of aromatic nitrogens is 3. The molecule has 0 radical (unpaired) electrons. The Labute approximate surface area is 248 Å².